The van der Waals surface area contributed by atoms with E-state index in [0.29, 0.717) is 0 Å². The number of ether oxygens (including phenoxy) is 1. The van der Waals surface area contributed by atoms with Gasteiger partial charge in [-0.05, 0) is 6.42 Å². The first-order valence-electron chi connectivity index (χ1n) is 4.75. The molecule has 0 saturated carbocycles. The van der Waals surface area contributed by atoms with Crippen molar-refractivity contribution in [2.24, 2.45) is 0 Å². The van der Waals surface area contributed by atoms with E-state index in [0.717, 1.165) is 12.8 Å². The number of aromatic nitrogens is 1. The number of hydrogen-bond donors (Lipinski definition) is 2. The number of aliphatic hydroxyl groups is 1. The SMILES string of the molecule is Nc1cc[s+]([C@H]2CC[C@@H](CO)O2)c(=O)n1. The van der Waals surface area contributed by atoms with Gasteiger partial charge in [0.25, 0.3) is 0 Å². The van der Waals surface area contributed by atoms with Gasteiger partial charge in [-0.1, -0.05) is 0 Å². The topological polar surface area (TPSA) is 85.4 Å². The third-order valence-corrected chi connectivity index (χ3v) is 4.20. The molecular formula is C9H13N2O3S+. The maximum atomic E-state index is 11.5. The Balaban J connectivity index is 2.20. The highest BCUT2D eigenvalue weighted by atomic mass is 32.2. The molecule has 3 atom stereocenters. The van der Waals surface area contributed by atoms with E-state index in [1.54, 1.807) is 11.4 Å². The lowest BCUT2D eigenvalue weighted by Crippen LogP contribution is -2.13. The van der Waals surface area contributed by atoms with Crippen LogP contribution in [-0.4, -0.2) is 22.8 Å². The summed E-state index contributed by atoms with van der Waals surface area (Å²) in [5, 5.41) is 10.7. The Labute approximate surface area is 89.5 Å². The summed E-state index contributed by atoms with van der Waals surface area (Å²) in [7, 11) is -0.628. The molecule has 1 aliphatic heterocycles. The van der Waals surface area contributed by atoms with Crippen LogP contribution in [0.3, 0.4) is 0 Å². The van der Waals surface area contributed by atoms with Crippen molar-refractivity contribution < 1.29 is 9.84 Å². The highest BCUT2D eigenvalue weighted by Crippen LogP contribution is 2.38. The minimum atomic E-state index is -0.628. The third-order valence-electron chi connectivity index (χ3n) is 2.36. The van der Waals surface area contributed by atoms with Gasteiger partial charge in [-0.3, -0.25) is 0 Å². The molecule has 1 saturated heterocycles. The number of hydrogen-bond acceptors (Lipinski definition) is 5. The molecule has 1 aliphatic rings. The van der Waals surface area contributed by atoms with E-state index < -0.39 is 10.5 Å². The fourth-order valence-corrected chi connectivity index (χ4v) is 3.27. The summed E-state index contributed by atoms with van der Waals surface area (Å²) in [5.74, 6) is 0.250. The standard InChI is InChI=1S/C9H12N2O3S/c10-7-3-4-15(9(13)11-7)8-2-1-6(5-12)14-8/h3-4,6,8,12H,1-2,5H2,(H-,10,11,13)/p+1/t6-,8-,15?/m0/s1. The Hall–Kier alpha value is -0.980. The van der Waals surface area contributed by atoms with Crippen molar-refractivity contribution in [1.29, 1.82) is 0 Å². The van der Waals surface area contributed by atoms with Gasteiger partial charge >= 0.3 is 4.87 Å². The summed E-state index contributed by atoms with van der Waals surface area (Å²) in [5.41, 5.74) is 5.27. The van der Waals surface area contributed by atoms with Crippen molar-refractivity contribution in [3.8, 4) is 0 Å². The molecule has 2 heterocycles. The second kappa shape index (κ2) is 4.26. The van der Waals surface area contributed by atoms with Crippen LogP contribution < -0.4 is 10.6 Å². The Bertz CT molecular complexity index is 407. The third kappa shape index (κ3) is 2.17. The summed E-state index contributed by atoms with van der Waals surface area (Å²) in [6.45, 7) is 0.0109. The van der Waals surface area contributed by atoms with E-state index in [2.05, 4.69) is 4.98 Å². The Morgan fingerprint density at radius 3 is 3.07 bits per heavy atom. The molecule has 2 rings (SSSR count). The van der Waals surface area contributed by atoms with Gasteiger partial charge in [0.05, 0.1) is 23.2 Å². The Morgan fingerprint density at radius 2 is 2.47 bits per heavy atom. The first kappa shape index (κ1) is 10.5. The largest absolute Gasteiger partial charge is 0.480 e. The van der Waals surface area contributed by atoms with E-state index in [4.69, 9.17) is 15.6 Å². The molecule has 0 radical (unpaired) electrons. The van der Waals surface area contributed by atoms with Crippen LogP contribution in [0, 0.1) is 0 Å². The zero-order valence-corrected chi connectivity index (χ0v) is 8.94. The van der Waals surface area contributed by atoms with Crippen LogP contribution in [0.4, 0.5) is 5.82 Å². The van der Waals surface area contributed by atoms with Gasteiger partial charge in [0.1, 0.15) is 11.2 Å². The molecule has 0 spiro atoms. The molecule has 6 heteroatoms. The van der Waals surface area contributed by atoms with Crippen molar-refractivity contribution in [2.45, 2.75) is 24.4 Å². The van der Waals surface area contributed by atoms with Crippen molar-refractivity contribution in [2.75, 3.05) is 12.3 Å². The van der Waals surface area contributed by atoms with Crippen molar-refractivity contribution in [1.82, 2.24) is 4.98 Å². The summed E-state index contributed by atoms with van der Waals surface area (Å²) >= 11 is 0. The highest BCUT2D eigenvalue weighted by Gasteiger charge is 2.34. The minimum absolute atomic E-state index is 0.0109. The molecule has 15 heavy (non-hydrogen) atoms. The molecule has 1 aromatic heterocycles. The van der Waals surface area contributed by atoms with Gasteiger partial charge in [-0.2, -0.15) is 0 Å². The molecule has 0 bridgehead atoms. The fraction of sp³-hybridized carbons (Fsp3) is 0.556. The molecule has 1 unspecified atom stereocenters. The van der Waals surface area contributed by atoms with Crippen molar-refractivity contribution in [3.63, 3.8) is 0 Å². The highest BCUT2D eigenvalue weighted by molar-refractivity contribution is 7.28. The van der Waals surface area contributed by atoms with Crippen LogP contribution >= 0.6 is 10.5 Å². The number of nitrogens with zero attached hydrogens (tertiary/aromatic N) is 1. The molecule has 3 N–H and O–H groups in total. The lowest BCUT2D eigenvalue weighted by Gasteiger charge is -2.04. The first-order valence-corrected chi connectivity index (χ1v) is 6.10. The van der Waals surface area contributed by atoms with Crippen LogP contribution in [-0.2, 0) is 4.74 Å². The number of nitrogens with two attached hydrogens (primary N) is 1. The van der Waals surface area contributed by atoms with E-state index in [9.17, 15) is 4.79 Å². The maximum Gasteiger partial charge on any atom is 0.480 e. The molecule has 1 fully saturated rings. The molecule has 0 aliphatic carbocycles. The van der Waals surface area contributed by atoms with Crippen molar-refractivity contribution >= 4 is 16.3 Å². The van der Waals surface area contributed by atoms with Gasteiger partial charge < -0.3 is 15.6 Å². The summed E-state index contributed by atoms with van der Waals surface area (Å²) in [6.07, 6.45) is 1.46. The lowest BCUT2D eigenvalue weighted by molar-refractivity contribution is 0.0300. The molecule has 82 valence electrons. The second-order valence-electron chi connectivity index (χ2n) is 3.42. The van der Waals surface area contributed by atoms with Gasteiger partial charge in [-0.25, -0.2) is 4.79 Å². The van der Waals surface area contributed by atoms with E-state index in [1.807, 2.05) is 0 Å². The normalized spacial score (nSPS) is 26.9. The Kier molecular flexibility index (Phi) is 2.99. The number of rotatable bonds is 2. The van der Waals surface area contributed by atoms with E-state index in [1.165, 1.54) is 0 Å². The zero-order valence-electron chi connectivity index (χ0n) is 8.13. The van der Waals surface area contributed by atoms with Crippen LogP contribution in [0.25, 0.3) is 0 Å². The average Bonchev–Trinajstić information content (AvgIpc) is 2.66. The monoisotopic (exact) mass is 229 g/mol. The number of anilines is 1. The molecule has 5 nitrogen and oxygen atoms in total. The smallest absolute Gasteiger partial charge is 0.394 e. The summed E-state index contributed by atoms with van der Waals surface area (Å²) < 4.78 is 5.54. The predicted octanol–water partition coefficient (Wildman–Crippen LogP) is 0.443. The van der Waals surface area contributed by atoms with Gasteiger partial charge in [0, 0.05) is 12.5 Å². The lowest BCUT2D eigenvalue weighted by atomic mass is 10.2. The quantitative estimate of drug-likeness (QED) is 0.719. The number of aliphatic hydroxyl groups excluding tert-OH is 1. The zero-order chi connectivity index (χ0) is 10.8. The van der Waals surface area contributed by atoms with Crippen LogP contribution in [0.5, 0.6) is 0 Å². The van der Waals surface area contributed by atoms with Gasteiger partial charge in [-0.15, -0.1) is 4.98 Å². The average molecular weight is 229 g/mol. The van der Waals surface area contributed by atoms with Crippen LogP contribution in [0.1, 0.15) is 18.3 Å². The molecule has 0 aromatic carbocycles. The van der Waals surface area contributed by atoms with Crippen LogP contribution in [0.2, 0.25) is 0 Å². The fourth-order valence-electron chi connectivity index (χ4n) is 1.59. The Morgan fingerprint density at radius 1 is 1.67 bits per heavy atom. The maximum absolute atomic E-state index is 11.5. The summed E-state index contributed by atoms with van der Waals surface area (Å²) in [6, 6.07) is 1.64. The molecule has 0 amide bonds. The predicted molar refractivity (Wildman–Crippen MR) is 57.6 cm³/mol. The molecular weight excluding hydrogens is 216 g/mol. The van der Waals surface area contributed by atoms with Gasteiger partial charge in [0.2, 0.25) is 5.44 Å². The minimum Gasteiger partial charge on any atom is -0.394 e. The summed E-state index contributed by atoms with van der Waals surface area (Å²) in [4.78, 5) is 15.0. The van der Waals surface area contributed by atoms with Crippen LogP contribution in [0.15, 0.2) is 16.2 Å². The first-order chi connectivity index (χ1) is 7.20. The van der Waals surface area contributed by atoms with E-state index >= 15 is 0 Å². The second-order valence-corrected chi connectivity index (χ2v) is 5.32. The molecule has 1 aromatic rings. The van der Waals surface area contributed by atoms with E-state index in [-0.39, 0.29) is 28.8 Å². The number of nitrogen functional groups attached to an aromatic ring is 1. The van der Waals surface area contributed by atoms with Gasteiger partial charge in [0.15, 0.2) is 0 Å². The van der Waals surface area contributed by atoms with Crippen molar-refractivity contribution in [3.05, 3.63) is 21.1 Å².